The Morgan fingerprint density at radius 3 is 2.46 bits per heavy atom. The van der Waals surface area contributed by atoms with Gasteiger partial charge in [0.15, 0.2) is 11.7 Å². The lowest BCUT2D eigenvalue weighted by molar-refractivity contribution is -0.274. The van der Waals surface area contributed by atoms with Crippen molar-refractivity contribution in [2.75, 3.05) is 25.1 Å². The van der Waals surface area contributed by atoms with Crippen molar-refractivity contribution in [2.24, 2.45) is 21.9 Å². The Bertz CT molecular complexity index is 649. The van der Waals surface area contributed by atoms with Crippen LogP contribution in [0.5, 0.6) is 5.75 Å². The summed E-state index contributed by atoms with van der Waals surface area (Å²) in [6.45, 7) is 0.787. The SMILES string of the molecule is I.NC(=O)C1(CN=C(N)Nc2ccccc2OC(F)(F)F)CCOCC1. The summed E-state index contributed by atoms with van der Waals surface area (Å²) in [6.07, 6.45) is -4.01. The highest BCUT2D eigenvalue weighted by molar-refractivity contribution is 14.0. The van der Waals surface area contributed by atoms with Crippen LogP contribution < -0.4 is 21.5 Å². The highest BCUT2D eigenvalue weighted by Gasteiger charge is 2.38. The second-order valence-electron chi connectivity index (χ2n) is 5.63. The maximum Gasteiger partial charge on any atom is 0.573 e. The van der Waals surface area contributed by atoms with Crippen molar-refractivity contribution in [3.8, 4) is 5.75 Å². The number of halogens is 4. The Labute approximate surface area is 165 Å². The monoisotopic (exact) mass is 488 g/mol. The van der Waals surface area contributed by atoms with E-state index < -0.39 is 23.4 Å². The molecule has 1 aromatic rings. The minimum Gasteiger partial charge on any atom is -0.404 e. The number of benzene rings is 1. The number of rotatable bonds is 5. The minimum absolute atomic E-state index is 0. The van der Waals surface area contributed by atoms with Gasteiger partial charge in [0.1, 0.15) is 0 Å². The number of alkyl halides is 3. The van der Waals surface area contributed by atoms with Crippen LogP contribution in [0.3, 0.4) is 0 Å². The van der Waals surface area contributed by atoms with Gasteiger partial charge in [0.25, 0.3) is 0 Å². The molecule has 0 aliphatic carbocycles. The summed E-state index contributed by atoms with van der Waals surface area (Å²) in [5.74, 6) is -1.10. The van der Waals surface area contributed by atoms with Gasteiger partial charge >= 0.3 is 6.36 Å². The zero-order valence-corrected chi connectivity index (χ0v) is 16.0. The highest BCUT2D eigenvalue weighted by atomic mass is 127. The Morgan fingerprint density at radius 2 is 1.88 bits per heavy atom. The molecule has 0 bridgehead atoms. The normalized spacial score (nSPS) is 17.1. The number of carbonyl (C=O) groups is 1. The quantitative estimate of drug-likeness (QED) is 0.335. The molecule has 2 rings (SSSR count). The third-order valence-electron chi connectivity index (χ3n) is 3.90. The van der Waals surface area contributed by atoms with E-state index in [1.807, 2.05) is 0 Å². The van der Waals surface area contributed by atoms with Crippen molar-refractivity contribution in [2.45, 2.75) is 19.2 Å². The van der Waals surface area contributed by atoms with Gasteiger partial charge in [0.05, 0.1) is 17.6 Å². The zero-order chi connectivity index (χ0) is 18.5. The number of nitrogens with one attached hydrogen (secondary N) is 1. The van der Waals surface area contributed by atoms with E-state index in [1.54, 1.807) is 0 Å². The standard InChI is InChI=1S/C15H19F3N4O3.HI/c16-15(17,18)25-11-4-2-1-3-10(11)22-13(20)21-9-14(12(19)23)5-7-24-8-6-14;/h1-4H,5-9H2,(H2,19,23)(H3,20,21,22);1H. The van der Waals surface area contributed by atoms with E-state index in [1.165, 1.54) is 18.2 Å². The van der Waals surface area contributed by atoms with Crippen LogP contribution in [-0.2, 0) is 9.53 Å². The highest BCUT2D eigenvalue weighted by Crippen LogP contribution is 2.31. The van der Waals surface area contributed by atoms with E-state index in [9.17, 15) is 18.0 Å². The Kier molecular flexibility index (Phi) is 7.93. The number of hydrogen-bond acceptors (Lipinski definition) is 4. The van der Waals surface area contributed by atoms with Gasteiger partial charge in [-0.2, -0.15) is 0 Å². The van der Waals surface area contributed by atoms with Gasteiger partial charge in [0.2, 0.25) is 5.91 Å². The second-order valence-corrected chi connectivity index (χ2v) is 5.63. The molecule has 146 valence electrons. The molecule has 1 aliphatic rings. The average molecular weight is 488 g/mol. The fourth-order valence-electron chi connectivity index (χ4n) is 2.44. The molecule has 1 aromatic carbocycles. The van der Waals surface area contributed by atoms with Crippen LogP contribution in [0, 0.1) is 5.41 Å². The number of guanidine groups is 1. The molecule has 1 amide bonds. The number of anilines is 1. The molecule has 1 saturated heterocycles. The maximum atomic E-state index is 12.4. The largest absolute Gasteiger partial charge is 0.573 e. The number of ether oxygens (including phenoxy) is 2. The van der Waals surface area contributed by atoms with Crippen LogP contribution in [0.4, 0.5) is 18.9 Å². The van der Waals surface area contributed by atoms with E-state index in [2.05, 4.69) is 15.0 Å². The Balaban J connectivity index is 0.00000338. The lowest BCUT2D eigenvalue weighted by Crippen LogP contribution is -2.44. The number of para-hydroxylation sites is 2. The number of primary amides is 1. The van der Waals surface area contributed by atoms with Crippen molar-refractivity contribution < 1.29 is 27.4 Å². The van der Waals surface area contributed by atoms with Crippen LogP contribution in [-0.4, -0.2) is 38.0 Å². The molecule has 11 heteroatoms. The van der Waals surface area contributed by atoms with Crippen molar-refractivity contribution in [3.63, 3.8) is 0 Å². The summed E-state index contributed by atoms with van der Waals surface area (Å²) in [7, 11) is 0. The predicted molar refractivity (Wildman–Crippen MR) is 100 cm³/mol. The van der Waals surface area contributed by atoms with E-state index in [4.69, 9.17) is 16.2 Å². The van der Waals surface area contributed by atoms with Gasteiger partial charge in [-0.3, -0.25) is 9.79 Å². The molecule has 0 atom stereocenters. The van der Waals surface area contributed by atoms with Crippen molar-refractivity contribution in [1.82, 2.24) is 0 Å². The molecular formula is C15H20F3IN4O3. The van der Waals surface area contributed by atoms with E-state index in [-0.39, 0.29) is 42.2 Å². The molecule has 0 unspecified atom stereocenters. The first kappa shape index (κ1) is 22.3. The molecule has 5 N–H and O–H groups in total. The molecule has 0 radical (unpaired) electrons. The van der Waals surface area contributed by atoms with Gasteiger partial charge in [-0.05, 0) is 25.0 Å². The number of hydrogen-bond donors (Lipinski definition) is 3. The van der Waals surface area contributed by atoms with Crippen LogP contribution >= 0.6 is 24.0 Å². The van der Waals surface area contributed by atoms with Crippen LogP contribution in [0.25, 0.3) is 0 Å². The fourth-order valence-corrected chi connectivity index (χ4v) is 2.44. The van der Waals surface area contributed by atoms with E-state index in [0.717, 1.165) is 6.07 Å². The number of nitrogens with two attached hydrogens (primary N) is 2. The van der Waals surface area contributed by atoms with E-state index in [0.29, 0.717) is 26.1 Å². The molecule has 7 nitrogen and oxygen atoms in total. The Morgan fingerprint density at radius 1 is 1.27 bits per heavy atom. The number of carbonyl (C=O) groups excluding carboxylic acids is 1. The third-order valence-corrected chi connectivity index (χ3v) is 3.90. The summed E-state index contributed by atoms with van der Waals surface area (Å²) in [6, 6.07) is 5.42. The van der Waals surface area contributed by atoms with Gasteiger partial charge in [-0.25, -0.2) is 0 Å². The van der Waals surface area contributed by atoms with Gasteiger partial charge in [-0.15, -0.1) is 37.1 Å². The number of amides is 1. The first-order valence-electron chi connectivity index (χ1n) is 7.51. The van der Waals surface area contributed by atoms with Crippen LogP contribution in [0.1, 0.15) is 12.8 Å². The lowest BCUT2D eigenvalue weighted by atomic mass is 9.79. The smallest absolute Gasteiger partial charge is 0.404 e. The molecular weight excluding hydrogens is 468 g/mol. The summed E-state index contributed by atoms with van der Waals surface area (Å²) < 4.78 is 46.4. The lowest BCUT2D eigenvalue weighted by Gasteiger charge is -2.32. The van der Waals surface area contributed by atoms with Gasteiger partial charge < -0.3 is 26.3 Å². The minimum atomic E-state index is -4.83. The van der Waals surface area contributed by atoms with Crippen molar-refractivity contribution in [3.05, 3.63) is 24.3 Å². The predicted octanol–water partition coefficient (Wildman–Crippen LogP) is 2.21. The summed E-state index contributed by atoms with van der Waals surface area (Å²) in [5, 5.41) is 2.55. The van der Waals surface area contributed by atoms with Crippen molar-refractivity contribution >= 4 is 41.5 Å². The molecule has 26 heavy (non-hydrogen) atoms. The zero-order valence-electron chi connectivity index (χ0n) is 13.7. The molecule has 1 aliphatic heterocycles. The van der Waals surface area contributed by atoms with E-state index >= 15 is 0 Å². The van der Waals surface area contributed by atoms with Crippen molar-refractivity contribution in [1.29, 1.82) is 0 Å². The fraction of sp³-hybridized carbons (Fsp3) is 0.467. The second kappa shape index (κ2) is 9.26. The topological polar surface area (TPSA) is 112 Å². The summed E-state index contributed by atoms with van der Waals surface area (Å²) >= 11 is 0. The third kappa shape index (κ3) is 6.20. The van der Waals surface area contributed by atoms with Gasteiger partial charge in [-0.1, -0.05) is 12.1 Å². The molecule has 1 fully saturated rings. The van der Waals surface area contributed by atoms with Gasteiger partial charge in [0, 0.05) is 13.2 Å². The van der Waals surface area contributed by atoms with Crippen LogP contribution in [0.2, 0.25) is 0 Å². The molecule has 0 spiro atoms. The molecule has 1 heterocycles. The summed E-state index contributed by atoms with van der Waals surface area (Å²) in [4.78, 5) is 15.8. The molecule has 0 aromatic heterocycles. The number of aliphatic imine (C=N–C) groups is 1. The average Bonchev–Trinajstić information content (AvgIpc) is 2.54. The van der Waals surface area contributed by atoms with Crippen LogP contribution in [0.15, 0.2) is 29.3 Å². The summed E-state index contributed by atoms with van der Waals surface area (Å²) in [5.41, 5.74) is 10.3. The number of nitrogens with zero attached hydrogens (tertiary/aromatic N) is 1. The molecule has 0 saturated carbocycles. The first-order valence-corrected chi connectivity index (χ1v) is 7.51. The first-order chi connectivity index (χ1) is 11.7. The maximum absolute atomic E-state index is 12.4. The Hall–Kier alpha value is -1.76.